The lowest BCUT2D eigenvalue weighted by atomic mass is 9.99. The fourth-order valence-corrected chi connectivity index (χ4v) is 10.2. The van der Waals surface area contributed by atoms with Crippen LogP contribution >= 0.6 is 0 Å². The molecule has 0 spiro atoms. The Kier molecular flexibility index (Phi) is 55.1. The summed E-state index contributed by atoms with van der Waals surface area (Å²) in [6.45, 7) is 45.6. The number of ether oxygens (including phenoxy) is 12. The first-order valence-electron chi connectivity index (χ1n) is 41.4. The number of aliphatic hydroxyl groups is 1. The molecule has 0 unspecified atom stereocenters. The summed E-state index contributed by atoms with van der Waals surface area (Å²) in [5, 5.41) is 10.1. The van der Waals surface area contributed by atoms with Crippen molar-refractivity contribution in [1.82, 2.24) is 0 Å². The molecule has 7 rings (SSSR count). The number of hydrogen-bond donors (Lipinski definition) is 1. The summed E-state index contributed by atoms with van der Waals surface area (Å²) in [5.41, 5.74) is 0.557. The van der Waals surface area contributed by atoms with Gasteiger partial charge in [-0.25, -0.2) is 0 Å². The SMILES string of the molecule is CCC(CC)COc1cccc(O[C@H](C)CC)c1.CCCC(CCC)COc1cccc(O[C@H](C)CC)c1.CCCOc1cccc(OCC(CC)CC)c1.CCCOc1cccc(OCC(O)(CC)CC)c1.CCCOc1cccc(OCCC(C)C)c1.CCCOc1cccc(OCCc2ccccc2)c1. The average molecular weight is 1500 g/mol. The van der Waals surface area contributed by atoms with Crippen molar-refractivity contribution in [3.8, 4) is 69.0 Å². The van der Waals surface area contributed by atoms with Gasteiger partial charge in [0.1, 0.15) is 75.6 Å². The van der Waals surface area contributed by atoms with E-state index in [4.69, 9.17) is 56.8 Å². The van der Waals surface area contributed by atoms with Crippen LogP contribution in [0.15, 0.2) is 176 Å². The van der Waals surface area contributed by atoms with E-state index in [1.54, 1.807) is 0 Å². The van der Waals surface area contributed by atoms with E-state index < -0.39 is 5.60 Å². The third kappa shape index (κ3) is 46.5. The highest BCUT2D eigenvalue weighted by Crippen LogP contribution is 2.28. The maximum Gasteiger partial charge on any atom is 0.123 e. The van der Waals surface area contributed by atoms with Crippen molar-refractivity contribution in [2.45, 2.75) is 258 Å². The third-order valence-corrected chi connectivity index (χ3v) is 18.0. The van der Waals surface area contributed by atoms with Crippen LogP contribution in [0.2, 0.25) is 0 Å². The molecular formula is C95H146O13. The summed E-state index contributed by atoms with van der Waals surface area (Å²) < 4.78 is 68.5. The van der Waals surface area contributed by atoms with Gasteiger partial charge in [-0.05, 0) is 187 Å². The van der Waals surface area contributed by atoms with Gasteiger partial charge >= 0.3 is 0 Å². The van der Waals surface area contributed by atoms with Gasteiger partial charge in [-0.3, -0.25) is 0 Å². The van der Waals surface area contributed by atoms with Crippen molar-refractivity contribution in [2.24, 2.45) is 23.7 Å². The quantitative estimate of drug-likeness (QED) is 0.0389. The van der Waals surface area contributed by atoms with Crippen LogP contribution in [0.4, 0.5) is 0 Å². The summed E-state index contributed by atoms with van der Waals surface area (Å²) in [6.07, 6.45) is 19.6. The molecule has 0 aliphatic carbocycles. The third-order valence-electron chi connectivity index (χ3n) is 18.0. The Bertz CT molecular complexity index is 3210. The molecule has 0 amide bonds. The Hall–Kier alpha value is -7.90. The molecule has 7 aromatic carbocycles. The van der Waals surface area contributed by atoms with Crippen molar-refractivity contribution in [1.29, 1.82) is 0 Å². The summed E-state index contributed by atoms with van der Waals surface area (Å²) in [5.74, 6) is 13.1. The first-order chi connectivity index (χ1) is 52.4. The van der Waals surface area contributed by atoms with Crippen LogP contribution < -0.4 is 56.8 Å². The molecular weight excluding hydrogens is 1350 g/mol. The van der Waals surface area contributed by atoms with Gasteiger partial charge in [-0.2, -0.15) is 0 Å². The van der Waals surface area contributed by atoms with E-state index in [0.29, 0.717) is 56.3 Å². The molecule has 2 atom stereocenters. The van der Waals surface area contributed by atoms with E-state index in [-0.39, 0.29) is 12.2 Å². The number of benzene rings is 7. The molecule has 0 bridgehead atoms. The molecule has 1 N–H and O–H groups in total. The van der Waals surface area contributed by atoms with Crippen molar-refractivity contribution in [3.05, 3.63) is 181 Å². The molecule has 0 heterocycles. The minimum absolute atomic E-state index is 0.248. The second kappa shape index (κ2) is 61.9. The Morgan fingerprint density at radius 3 is 0.861 bits per heavy atom. The highest BCUT2D eigenvalue weighted by Gasteiger charge is 2.23. The van der Waals surface area contributed by atoms with Gasteiger partial charge in [0.15, 0.2) is 0 Å². The molecule has 0 radical (unpaired) electrons. The first kappa shape index (κ1) is 96.2. The van der Waals surface area contributed by atoms with Crippen LogP contribution in [-0.2, 0) is 6.42 Å². The zero-order valence-electron chi connectivity index (χ0n) is 70.4. The molecule has 13 nitrogen and oxygen atoms in total. The molecule has 0 saturated heterocycles. The van der Waals surface area contributed by atoms with Crippen LogP contribution in [0.5, 0.6) is 69.0 Å². The van der Waals surface area contributed by atoms with Crippen molar-refractivity contribution < 1.29 is 61.9 Å². The fraction of sp³-hybridized carbons (Fsp3) is 0.558. The maximum atomic E-state index is 10.1. The fourth-order valence-electron chi connectivity index (χ4n) is 10.2. The second-order valence-corrected chi connectivity index (χ2v) is 28.0. The zero-order chi connectivity index (χ0) is 79.3. The lowest BCUT2D eigenvalue weighted by Gasteiger charge is -2.25. The summed E-state index contributed by atoms with van der Waals surface area (Å²) in [6, 6.07) is 57.5. The number of rotatable bonds is 48. The van der Waals surface area contributed by atoms with Crippen LogP contribution in [0.3, 0.4) is 0 Å². The second-order valence-electron chi connectivity index (χ2n) is 28.0. The number of hydrogen-bond acceptors (Lipinski definition) is 13. The normalized spacial score (nSPS) is 11.3. The van der Waals surface area contributed by atoms with Gasteiger partial charge in [0.25, 0.3) is 0 Å². The van der Waals surface area contributed by atoms with E-state index in [9.17, 15) is 5.11 Å². The highest BCUT2D eigenvalue weighted by atomic mass is 16.5. The lowest BCUT2D eigenvalue weighted by molar-refractivity contribution is -0.0114. The van der Waals surface area contributed by atoms with E-state index in [1.165, 1.54) is 56.9 Å². The molecule has 0 aliphatic rings. The highest BCUT2D eigenvalue weighted by molar-refractivity contribution is 5.37. The Morgan fingerprint density at radius 2 is 0.565 bits per heavy atom. The van der Waals surface area contributed by atoms with E-state index in [1.807, 2.05) is 166 Å². The average Bonchev–Trinajstić information content (AvgIpc) is 1.53. The molecule has 0 aliphatic heterocycles. The first-order valence-corrected chi connectivity index (χ1v) is 41.4. The van der Waals surface area contributed by atoms with Gasteiger partial charge in [-0.15, -0.1) is 0 Å². The monoisotopic (exact) mass is 1500 g/mol. The smallest absolute Gasteiger partial charge is 0.123 e. The van der Waals surface area contributed by atoms with Gasteiger partial charge < -0.3 is 61.9 Å². The topological polar surface area (TPSA) is 131 Å². The predicted octanol–water partition coefficient (Wildman–Crippen LogP) is 25.8. The lowest BCUT2D eigenvalue weighted by Crippen LogP contribution is -2.34. The molecule has 0 fully saturated rings. The van der Waals surface area contributed by atoms with Crippen molar-refractivity contribution in [3.63, 3.8) is 0 Å². The maximum absolute atomic E-state index is 10.1. The Morgan fingerprint density at radius 1 is 0.278 bits per heavy atom. The summed E-state index contributed by atoms with van der Waals surface area (Å²) >= 11 is 0. The van der Waals surface area contributed by atoms with Gasteiger partial charge in [0.2, 0.25) is 0 Å². The van der Waals surface area contributed by atoms with Crippen molar-refractivity contribution in [2.75, 3.05) is 66.1 Å². The van der Waals surface area contributed by atoms with Crippen molar-refractivity contribution >= 4 is 0 Å². The van der Waals surface area contributed by atoms with E-state index in [0.717, 1.165) is 167 Å². The standard InChI is InChI=1S/C18H30O2.C17H20O2.C16H26O2.C15H24O3.C15H24O2.C14H22O2/c1-5-9-16(10-6-2)14-19-17-11-8-12-18(13-17)20-15(4)7-3;1-2-12-18-16-9-6-10-17(14-16)19-13-11-15-7-4-3-5-8-15;1-5-13(4)18-16-10-8-9-15(11-16)17-12-14(6-2)7-3;1-4-10-17-13-8-7-9-14(11-13)18-12-15(16,5-2)6-3;1-4-10-16-14-8-7-9-15(11-14)17-12-13(5-2)6-3;1-4-9-15-13-6-5-7-14(11-13)16-10-8-12(2)3/h8,11-13,15-16H,5-7,9-10,14H2,1-4H3;3-10,14H,2,11-13H2,1H3;8-11,13-14H,5-7,12H2,1-4H3;7-9,11,16H,4-6,10,12H2,1-3H3;7-9,11,13H,4-6,10,12H2,1-3H3;5-7,11-12H,4,8-10H2,1-3H3/t15-;;13-;;;/m1.1.../s1. The van der Waals surface area contributed by atoms with Gasteiger partial charge in [0.05, 0.1) is 77.3 Å². The molecule has 0 saturated carbocycles. The van der Waals surface area contributed by atoms with Gasteiger partial charge in [0, 0.05) is 42.8 Å². The van der Waals surface area contributed by atoms with E-state index >= 15 is 0 Å². The summed E-state index contributed by atoms with van der Waals surface area (Å²) in [7, 11) is 0. The Balaban J connectivity index is 0.000000441. The predicted molar refractivity (Wildman–Crippen MR) is 452 cm³/mol. The minimum Gasteiger partial charge on any atom is -0.493 e. The molecule has 0 aromatic heterocycles. The minimum atomic E-state index is -0.736. The Labute approximate surface area is 656 Å². The van der Waals surface area contributed by atoms with Crippen LogP contribution in [0, 0.1) is 23.7 Å². The molecule has 13 heteroatoms. The summed E-state index contributed by atoms with van der Waals surface area (Å²) in [4.78, 5) is 0. The van der Waals surface area contributed by atoms with E-state index in [2.05, 4.69) is 135 Å². The van der Waals surface area contributed by atoms with Crippen LogP contribution in [0.1, 0.15) is 239 Å². The van der Waals surface area contributed by atoms with Crippen LogP contribution in [0.25, 0.3) is 0 Å². The molecule has 7 aromatic rings. The zero-order valence-corrected chi connectivity index (χ0v) is 70.4. The molecule has 604 valence electrons. The van der Waals surface area contributed by atoms with Crippen LogP contribution in [-0.4, -0.2) is 89.0 Å². The molecule has 108 heavy (non-hydrogen) atoms. The van der Waals surface area contributed by atoms with Gasteiger partial charge in [-0.1, -0.05) is 216 Å². The largest absolute Gasteiger partial charge is 0.493 e.